The summed E-state index contributed by atoms with van der Waals surface area (Å²) in [7, 11) is 0. The molecule has 4 heteroatoms. The molecule has 1 unspecified atom stereocenters. The van der Waals surface area contributed by atoms with Gasteiger partial charge in [-0.25, -0.2) is 0 Å². The van der Waals surface area contributed by atoms with Crippen LogP contribution in [-0.2, 0) is 16.8 Å². The lowest BCUT2D eigenvalue weighted by molar-refractivity contribution is -0.121. The van der Waals surface area contributed by atoms with Gasteiger partial charge in [0.1, 0.15) is 0 Å². The van der Waals surface area contributed by atoms with E-state index in [-0.39, 0.29) is 11.3 Å². The molecular formula is C24H30N2OS. The summed E-state index contributed by atoms with van der Waals surface area (Å²) in [6, 6.07) is 11.2. The van der Waals surface area contributed by atoms with E-state index >= 15 is 0 Å². The second kappa shape index (κ2) is 7.64. The number of carbonyl (C=O) groups is 1. The maximum atomic E-state index is 12.5. The molecular weight excluding hydrogens is 364 g/mol. The standard InChI is InChI=1S/C24H30N2OS/c27-23(25-15-18-5-6-18)13-20-14-24(22-4-2-1-3-21(20)22)8-10-26(11-9-24)16-19-7-12-28-17-19/h1-4,7,12,17-18,20H,5-6,8-11,13-16H2,(H,25,27). The Hall–Kier alpha value is -1.65. The van der Waals surface area contributed by atoms with Gasteiger partial charge in [0.15, 0.2) is 0 Å². The molecule has 1 saturated heterocycles. The molecule has 2 aromatic rings. The van der Waals surface area contributed by atoms with E-state index in [2.05, 4.69) is 51.3 Å². The number of nitrogens with one attached hydrogen (secondary N) is 1. The highest BCUT2D eigenvalue weighted by Crippen LogP contribution is 2.52. The number of nitrogens with zero attached hydrogens (tertiary/aromatic N) is 1. The maximum absolute atomic E-state index is 12.5. The zero-order valence-electron chi connectivity index (χ0n) is 16.5. The van der Waals surface area contributed by atoms with Crippen LogP contribution in [-0.4, -0.2) is 30.4 Å². The van der Waals surface area contributed by atoms with Crippen molar-refractivity contribution in [1.82, 2.24) is 10.2 Å². The summed E-state index contributed by atoms with van der Waals surface area (Å²) in [5.74, 6) is 1.39. The summed E-state index contributed by atoms with van der Waals surface area (Å²) in [4.78, 5) is 15.1. The summed E-state index contributed by atoms with van der Waals surface area (Å²) < 4.78 is 0. The molecule has 2 heterocycles. The molecule has 5 rings (SSSR count). The van der Waals surface area contributed by atoms with Crippen LogP contribution in [0, 0.1) is 5.92 Å². The first-order valence-electron chi connectivity index (χ1n) is 10.8. The molecule has 3 aliphatic rings. The minimum Gasteiger partial charge on any atom is -0.356 e. The van der Waals surface area contributed by atoms with Crippen molar-refractivity contribution in [3.05, 3.63) is 57.8 Å². The van der Waals surface area contributed by atoms with E-state index < -0.39 is 0 Å². The fraction of sp³-hybridized carbons (Fsp3) is 0.542. The van der Waals surface area contributed by atoms with Crippen molar-refractivity contribution >= 4 is 17.2 Å². The normalized spacial score (nSPS) is 23.6. The number of thiophene rings is 1. The molecule has 2 fully saturated rings. The Morgan fingerprint density at radius 2 is 2.00 bits per heavy atom. The predicted octanol–water partition coefficient (Wildman–Crippen LogP) is 4.69. The molecule has 1 saturated carbocycles. The smallest absolute Gasteiger partial charge is 0.220 e. The number of rotatable bonds is 6. The van der Waals surface area contributed by atoms with Gasteiger partial charge in [0, 0.05) is 19.5 Å². The Morgan fingerprint density at radius 1 is 1.18 bits per heavy atom. The molecule has 1 spiro atoms. The van der Waals surface area contributed by atoms with Crippen LogP contribution in [0.15, 0.2) is 41.1 Å². The van der Waals surface area contributed by atoms with Gasteiger partial charge in [0.25, 0.3) is 0 Å². The van der Waals surface area contributed by atoms with Gasteiger partial charge >= 0.3 is 0 Å². The SMILES string of the molecule is O=C(CC1CC2(CCN(Cc3ccsc3)CC2)c2ccccc21)NCC1CC1. The van der Waals surface area contributed by atoms with Gasteiger partial charge < -0.3 is 5.32 Å². The van der Waals surface area contributed by atoms with Crippen molar-refractivity contribution in [1.29, 1.82) is 0 Å². The average Bonchev–Trinajstić information content (AvgIpc) is 3.33. The summed E-state index contributed by atoms with van der Waals surface area (Å²) in [6.07, 6.45) is 6.82. The first kappa shape index (κ1) is 18.4. The Bertz CT molecular complexity index is 819. The van der Waals surface area contributed by atoms with Gasteiger partial charge in [-0.1, -0.05) is 24.3 Å². The fourth-order valence-corrected chi connectivity index (χ4v) is 6.00. The van der Waals surface area contributed by atoms with Crippen molar-refractivity contribution in [2.24, 2.45) is 5.92 Å². The van der Waals surface area contributed by atoms with E-state index in [1.54, 1.807) is 11.3 Å². The van der Waals surface area contributed by atoms with E-state index in [1.807, 2.05) is 0 Å². The first-order chi connectivity index (χ1) is 13.7. The Kier molecular flexibility index (Phi) is 5.02. The number of piperidine rings is 1. The maximum Gasteiger partial charge on any atom is 0.220 e. The largest absolute Gasteiger partial charge is 0.356 e. The number of hydrogen-bond donors (Lipinski definition) is 1. The molecule has 2 aliphatic carbocycles. The van der Waals surface area contributed by atoms with Gasteiger partial charge in [-0.2, -0.15) is 11.3 Å². The van der Waals surface area contributed by atoms with Crippen LogP contribution in [0.5, 0.6) is 0 Å². The van der Waals surface area contributed by atoms with Crippen molar-refractivity contribution in [3.63, 3.8) is 0 Å². The van der Waals surface area contributed by atoms with Crippen molar-refractivity contribution in [2.75, 3.05) is 19.6 Å². The molecule has 1 aliphatic heterocycles. The van der Waals surface area contributed by atoms with E-state index in [9.17, 15) is 4.79 Å². The Labute approximate surface area is 172 Å². The third kappa shape index (κ3) is 3.77. The van der Waals surface area contributed by atoms with Gasteiger partial charge in [-0.05, 0) is 96.0 Å². The molecule has 0 bridgehead atoms. The van der Waals surface area contributed by atoms with Crippen molar-refractivity contribution < 1.29 is 4.79 Å². The second-order valence-electron chi connectivity index (χ2n) is 9.13. The summed E-state index contributed by atoms with van der Waals surface area (Å²) >= 11 is 1.79. The lowest BCUT2D eigenvalue weighted by atomic mass is 9.73. The summed E-state index contributed by atoms with van der Waals surface area (Å²) in [5.41, 5.74) is 4.70. The summed E-state index contributed by atoms with van der Waals surface area (Å²) in [5, 5.41) is 7.62. The molecule has 0 radical (unpaired) electrons. The van der Waals surface area contributed by atoms with Crippen LogP contribution in [0.2, 0.25) is 0 Å². The van der Waals surface area contributed by atoms with E-state index in [0.29, 0.717) is 12.3 Å². The Balaban J connectivity index is 1.26. The molecule has 28 heavy (non-hydrogen) atoms. The highest BCUT2D eigenvalue weighted by Gasteiger charge is 2.45. The quantitative estimate of drug-likeness (QED) is 0.771. The number of benzene rings is 1. The third-order valence-corrected chi connectivity index (χ3v) is 7.86. The fourth-order valence-electron chi connectivity index (χ4n) is 5.34. The van der Waals surface area contributed by atoms with Gasteiger partial charge in [-0.15, -0.1) is 0 Å². The van der Waals surface area contributed by atoms with Crippen LogP contribution in [0.4, 0.5) is 0 Å². The first-order valence-corrected chi connectivity index (χ1v) is 11.8. The molecule has 3 nitrogen and oxygen atoms in total. The van der Waals surface area contributed by atoms with Gasteiger partial charge in [0.2, 0.25) is 5.91 Å². The monoisotopic (exact) mass is 394 g/mol. The molecule has 1 N–H and O–H groups in total. The number of fused-ring (bicyclic) bond motifs is 2. The van der Waals surface area contributed by atoms with E-state index in [1.165, 1.54) is 42.4 Å². The number of likely N-dealkylation sites (tertiary alicyclic amines) is 1. The zero-order valence-corrected chi connectivity index (χ0v) is 17.3. The van der Waals surface area contributed by atoms with Gasteiger partial charge in [0.05, 0.1) is 0 Å². The topological polar surface area (TPSA) is 32.3 Å². The Morgan fingerprint density at radius 3 is 2.75 bits per heavy atom. The number of amides is 1. The second-order valence-corrected chi connectivity index (χ2v) is 9.91. The molecule has 1 aromatic carbocycles. The van der Waals surface area contributed by atoms with Crippen LogP contribution in [0.25, 0.3) is 0 Å². The van der Waals surface area contributed by atoms with Crippen LogP contribution < -0.4 is 5.32 Å². The minimum atomic E-state index is 0.249. The summed E-state index contributed by atoms with van der Waals surface area (Å²) in [6.45, 7) is 4.28. The molecule has 148 valence electrons. The third-order valence-electron chi connectivity index (χ3n) is 7.13. The van der Waals surface area contributed by atoms with Crippen molar-refractivity contribution in [3.8, 4) is 0 Å². The molecule has 1 aromatic heterocycles. The highest BCUT2D eigenvalue weighted by molar-refractivity contribution is 7.07. The number of hydrogen-bond acceptors (Lipinski definition) is 3. The van der Waals surface area contributed by atoms with Gasteiger partial charge in [-0.3, -0.25) is 9.69 Å². The lowest BCUT2D eigenvalue weighted by Crippen LogP contribution is -2.41. The van der Waals surface area contributed by atoms with E-state index in [4.69, 9.17) is 0 Å². The molecule has 1 atom stereocenters. The number of carbonyl (C=O) groups excluding carboxylic acids is 1. The average molecular weight is 395 g/mol. The van der Waals surface area contributed by atoms with Crippen LogP contribution >= 0.6 is 11.3 Å². The van der Waals surface area contributed by atoms with E-state index in [0.717, 1.165) is 38.5 Å². The van der Waals surface area contributed by atoms with Crippen molar-refractivity contribution in [2.45, 2.75) is 56.4 Å². The van der Waals surface area contributed by atoms with Crippen LogP contribution in [0.1, 0.15) is 61.1 Å². The highest BCUT2D eigenvalue weighted by atomic mass is 32.1. The van der Waals surface area contributed by atoms with Crippen LogP contribution in [0.3, 0.4) is 0 Å². The lowest BCUT2D eigenvalue weighted by Gasteiger charge is -2.40. The minimum absolute atomic E-state index is 0.249. The molecule has 1 amide bonds. The predicted molar refractivity (Wildman–Crippen MR) is 115 cm³/mol. The zero-order chi connectivity index (χ0) is 19.0.